The van der Waals surface area contributed by atoms with Gasteiger partial charge in [-0.3, -0.25) is 0 Å². The number of aliphatic hydroxyl groups excluding tert-OH is 1. The van der Waals surface area contributed by atoms with Gasteiger partial charge in [0, 0.05) is 12.6 Å². The van der Waals surface area contributed by atoms with Crippen molar-refractivity contribution >= 4 is 5.69 Å². The number of ether oxygens (including phenoxy) is 1. The van der Waals surface area contributed by atoms with Gasteiger partial charge in [-0.15, -0.1) is 6.58 Å². The summed E-state index contributed by atoms with van der Waals surface area (Å²) in [6, 6.07) is 5.42. The third-order valence-electron chi connectivity index (χ3n) is 3.13. The number of hydrogen-bond donors (Lipinski definition) is 2. The molecule has 0 fully saturated rings. The number of nitrogens with two attached hydrogens (primary N) is 1. The van der Waals surface area contributed by atoms with Gasteiger partial charge in [-0.1, -0.05) is 12.1 Å². The predicted octanol–water partition coefficient (Wildman–Crippen LogP) is 1.45. The number of anilines is 1. The van der Waals surface area contributed by atoms with E-state index < -0.39 is 6.10 Å². The van der Waals surface area contributed by atoms with Crippen molar-refractivity contribution in [1.82, 2.24) is 0 Å². The van der Waals surface area contributed by atoms with Crippen molar-refractivity contribution in [2.75, 3.05) is 24.6 Å². The van der Waals surface area contributed by atoms with Crippen LogP contribution in [-0.2, 0) is 0 Å². The summed E-state index contributed by atoms with van der Waals surface area (Å²) < 4.78 is 5.61. The van der Waals surface area contributed by atoms with E-state index in [0.717, 1.165) is 30.1 Å². The van der Waals surface area contributed by atoms with Crippen molar-refractivity contribution in [1.29, 1.82) is 0 Å². The minimum Gasteiger partial charge on any atom is -0.490 e. The highest BCUT2D eigenvalue weighted by Crippen LogP contribution is 2.34. The maximum Gasteiger partial charge on any atom is 0.142 e. The van der Waals surface area contributed by atoms with Crippen molar-refractivity contribution in [3.63, 3.8) is 0 Å². The molecule has 4 heteroatoms. The standard InChI is InChI=1S/C14H20N2O2/c1-3-6-16-7-8-18-13-5-4-11(9-12(13)16)14(17)10(2)15/h3-5,9-10,14,17H,1,6-8,15H2,2H3. The average Bonchev–Trinajstić information content (AvgIpc) is 2.38. The van der Waals surface area contributed by atoms with Crippen LogP contribution in [0, 0.1) is 0 Å². The normalized spacial score (nSPS) is 17.6. The lowest BCUT2D eigenvalue weighted by atomic mass is 10.0. The quantitative estimate of drug-likeness (QED) is 0.792. The van der Waals surface area contributed by atoms with Gasteiger partial charge in [0.15, 0.2) is 0 Å². The van der Waals surface area contributed by atoms with Crippen molar-refractivity contribution in [2.45, 2.75) is 19.1 Å². The molecule has 1 heterocycles. The summed E-state index contributed by atoms with van der Waals surface area (Å²) in [6.07, 6.45) is 1.21. The van der Waals surface area contributed by atoms with Gasteiger partial charge >= 0.3 is 0 Å². The third-order valence-corrected chi connectivity index (χ3v) is 3.13. The first-order valence-corrected chi connectivity index (χ1v) is 6.19. The zero-order valence-corrected chi connectivity index (χ0v) is 10.7. The van der Waals surface area contributed by atoms with E-state index in [1.54, 1.807) is 6.92 Å². The van der Waals surface area contributed by atoms with Gasteiger partial charge in [-0.2, -0.15) is 0 Å². The highest BCUT2D eigenvalue weighted by Gasteiger charge is 2.20. The van der Waals surface area contributed by atoms with Crippen LogP contribution < -0.4 is 15.4 Å². The second-order valence-electron chi connectivity index (χ2n) is 4.61. The van der Waals surface area contributed by atoms with Crippen molar-refractivity contribution < 1.29 is 9.84 Å². The summed E-state index contributed by atoms with van der Waals surface area (Å²) in [5, 5.41) is 10.0. The number of aliphatic hydroxyl groups is 1. The third kappa shape index (κ3) is 2.49. The highest BCUT2D eigenvalue weighted by molar-refractivity contribution is 5.62. The van der Waals surface area contributed by atoms with E-state index in [4.69, 9.17) is 10.5 Å². The second kappa shape index (κ2) is 5.42. The topological polar surface area (TPSA) is 58.7 Å². The van der Waals surface area contributed by atoms with Crippen LogP contribution in [0.25, 0.3) is 0 Å². The molecule has 0 bridgehead atoms. The molecule has 4 nitrogen and oxygen atoms in total. The molecule has 1 aromatic carbocycles. The van der Waals surface area contributed by atoms with E-state index in [1.165, 1.54) is 0 Å². The molecule has 2 atom stereocenters. The number of hydrogen-bond acceptors (Lipinski definition) is 4. The van der Waals surface area contributed by atoms with Crippen LogP contribution in [0.15, 0.2) is 30.9 Å². The summed E-state index contributed by atoms with van der Waals surface area (Å²) in [5.74, 6) is 0.851. The van der Waals surface area contributed by atoms with E-state index >= 15 is 0 Å². The minimum atomic E-state index is -0.650. The molecule has 1 aliphatic rings. The lowest BCUT2D eigenvalue weighted by Gasteiger charge is -2.31. The van der Waals surface area contributed by atoms with Crippen molar-refractivity contribution in [3.05, 3.63) is 36.4 Å². The molecule has 2 unspecified atom stereocenters. The number of nitrogens with zero attached hydrogens (tertiary/aromatic N) is 1. The Morgan fingerprint density at radius 1 is 1.61 bits per heavy atom. The molecule has 3 N–H and O–H groups in total. The average molecular weight is 248 g/mol. The molecular formula is C14H20N2O2. The SMILES string of the molecule is C=CCN1CCOc2ccc(C(O)C(C)N)cc21. The molecule has 1 aliphatic heterocycles. The maximum absolute atomic E-state index is 10.0. The summed E-state index contributed by atoms with van der Waals surface area (Å²) in [4.78, 5) is 2.18. The van der Waals surface area contributed by atoms with Crippen LogP contribution in [-0.4, -0.2) is 30.8 Å². The van der Waals surface area contributed by atoms with E-state index in [2.05, 4.69) is 11.5 Å². The van der Waals surface area contributed by atoms with Gasteiger partial charge in [0.05, 0.1) is 18.3 Å². The van der Waals surface area contributed by atoms with Gasteiger partial charge in [-0.25, -0.2) is 0 Å². The molecular weight excluding hydrogens is 228 g/mol. The van der Waals surface area contributed by atoms with Gasteiger partial charge in [-0.05, 0) is 24.6 Å². The zero-order chi connectivity index (χ0) is 13.1. The van der Waals surface area contributed by atoms with Gasteiger partial charge < -0.3 is 20.5 Å². The first kappa shape index (κ1) is 12.9. The fourth-order valence-corrected chi connectivity index (χ4v) is 2.12. The molecule has 0 amide bonds. The number of rotatable bonds is 4. The van der Waals surface area contributed by atoms with Gasteiger partial charge in [0.1, 0.15) is 12.4 Å². The van der Waals surface area contributed by atoms with E-state index in [0.29, 0.717) is 6.61 Å². The van der Waals surface area contributed by atoms with Crippen LogP contribution in [0.4, 0.5) is 5.69 Å². The molecule has 0 saturated carbocycles. The summed E-state index contributed by atoms with van der Waals surface area (Å²) in [6.45, 7) is 7.83. The largest absolute Gasteiger partial charge is 0.490 e. The smallest absolute Gasteiger partial charge is 0.142 e. The maximum atomic E-state index is 10.0. The van der Waals surface area contributed by atoms with E-state index in [-0.39, 0.29) is 6.04 Å². The first-order valence-electron chi connectivity index (χ1n) is 6.19. The molecule has 0 aliphatic carbocycles. The lowest BCUT2D eigenvalue weighted by Crippen LogP contribution is -2.33. The Labute approximate surface area is 108 Å². The van der Waals surface area contributed by atoms with Crippen molar-refractivity contribution in [3.8, 4) is 5.75 Å². The number of fused-ring (bicyclic) bond motifs is 1. The van der Waals surface area contributed by atoms with Crippen LogP contribution in [0.2, 0.25) is 0 Å². The van der Waals surface area contributed by atoms with Crippen LogP contribution in [0.1, 0.15) is 18.6 Å². The molecule has 0 spiro atoms. The van der Waals surface area contributed by atoms with Crippen LogP contribution in [0.3, 0.4) is 0 Å². The summed E-state index contributed by atoms with van der Waals surface area (Å²) in [5.41, 5.74) is 7.55. The number of benzene rings is 1. The van der Waals surface area contributed by atoms with Crippen molar-refractivity contribution in [2.24, 2.45) is 5.73 Å². The Hall–Kier alpha value is -1.52. The van der Waals surface area contributed by atoms with Crippen LogP contribution >= 0.6 is 0 Å². The second-order valence-corrected chi connectivity index (χ2v) is 4.61. The minimum absolute atomic E-state index is 0.291. The fourth-order valence-electron chi connectivity index (χ4n) is 2.12. The molecule has 2 rings (SSSR count). The Bertz CT molecular complexity index is 432. The van der Waals surface area contributed by atoms with Gasteiger partial charge in [0.25, 0.3) is 0 Å². The summed E-state index contributed by atoms with van der Waals surface area (Å²) >= 11 is 0. The molecule has 98 valence electrons. The molecule has 1 aromatic rings. The molecule has 18 heavy (non-hydrogen) atoms. The summed E-state index contributed by atoms with van der Waals surface area (Å²) in [7, 11) is 0. The zero-order valence-electron chi connectivity index (χ0n) is 10.7. The van der Waals surface area contributed by atoms with Gasteiger partial charge in [0.2, 0.25) is 0 Å². The van der Waals surface area contributed by atoms with E-state index in [1.807, 2.05) is 24.3 Å². The first-order chi connectivity index (χ1) is 8.63. The Morgan fingerprint density at radius 2 is 2.39 bits per heavy atom. The highest BCUT2D eigenvalue weighted by atomic mass is 16.5. The monoisotopic (exact) mass is 248 g/mol. The lowest BCUT2D eigenvalue weighted by molar-refractivity contribution is 0.153. The predicted molar refractivity (Wildman–Crippen MR) is 73.0 cm³/mol. The van der Waals surface area contributed by atoms with Crippen LogP contribution in [0.5, 0.6) is 5.75 Å². The Balaban J connectivity index is 2.33. The molecule has 0 radical (unpaired) electrons. The molecule has 0 saturated heterocycles. The fraction of sp³-hybridized carbons (Fsp3) is 0.429. The van der Waals surface area contributed by atoms with E-state index in [9.17, 15) is 5.11 Å². The Morgan fingerprint density at radius 3 is 3.06 bits per heavy atom. The Kier molecular flexibility index (Phi) is 3.89. The molecule has 0 aromatic heterocycles.